The van der Waals surface area contributed by atoms with E-state index in [4.69, 9.17) is 9.72 Å². The van der Waals surface area contributed by atoms with E-state index in [0.717, 1.165) is 41.7 Å². The third-order valence-electron chi connectivity index (χ3n) is 7.28. The van der Waals surface area contributed by atoms with Gasteiger partial charge in [0.15, 0.2) is 5.13 Å². The summed E-state index contributed by atoms with van der Waals surface area (Å²) in [5.74, 6) is 0.809. The second-order valence-corrected chi connectivity index (χ2v) is 12.8. The van der Waals surface area contributed by atoms with Gasteiger partial charge in [0.1, 0.15) is 11.3 Å². The molecular weight excluding hydrogens is 556 g/mol. The van der Waals surface area contributed by atoms with E-state index in [1.807, 2.05) is 19.1 Å². The zero-order chi connectivity index (χ0) is 27.4. The van der Waals surface area contributed by atoms with Gasteiger partial charge in [-0.05, 0) is 74.7 Å². The lowest BCUT2D eigenvalue weighted by molar-refractivity contribution is 0.0983. The second-order valence-electron chi connectivity index (χ2n) is 9.88. The molecule has 0 bridgehead atoms. The molecule has 1 aliphatic heterocycles. The van der Waals surface area contributed by atoms with Gasteiger partial charge in [-0.15, -0.1) is 12.4 Å². The molecule has 1 aromatic heterocycles. The van der Waals surface area contributed by atoms with Crippen molar-refractivity contribution < 1.29 is 17.9 Å². The number of rotatable bonds is 10. The van der Waals surface area contributed by atoms with Crippen LogP contribution in [-0.2, 0) is 10.0 Å². The third-order valence-corrected chi connectivity index (χ3v) is 10.4. The number of anilines is 1. The number of ether oxygens (including phenoxy) is 1. The maximum absolute atomic E-state index is 13.8. The van der Waals surface area contributed by atoms with E-state index in [0.29, 0.717) is 48.5 Å². The molecule has 1 amide bonds. The highest BCUT2D eigenvalue weighted by Crippen LogP contribution is 2.37. The van der Waals surface area contributed by atoms with E-state index >= 15 is 0 Å². The normalized spacial score (nSPS) is 16.3. The van der Waals surface area contributed by atoms with Crippen LogP contribution >= 0.6 is 23.7 Å². The molecule has 1 saturated heterocycles. The number of aromatic nitrogens is 1. The van der Waals surface area contributed by atoms with Crippen LogP contribution in [0.1, 0.15) is 49.5 Å². The maximum Gasteiger partial charge on any atom is 0.260 e. The lowest BCUT2D eigenvalue weighted by atomic mass is 10.0. The van der Waals surface area contributed by atoms with Gasteiger partial charge in [0.25, 0.3) is 5.91 Å². The number of sulfonamides is 1. The SMILES string of the molecule is CCN(CC)CCN(C(=O)c1ccc(S(=O)(=O)N2CCCC(C)C2)cc1)c1nc2c(OC)ccc(C)c2s1.Cl. The van der Waals surface area contributed by atoms with E-state index in [2.05, 4.69) is 25.7 Å². The lowest BCUT2D eigenvalue weighted by Gasteiger charge is -2.30. The number of aryl methyl sites for hydroxylation is 1. The fourth-order valence-corrected chi connectivity index (χ4v) is 7.56. The molecule has 8 nitrogen and oxygen atoms in total. The van der Waals surface area contributed by atoms with E-state index in [1.54, 1.807) is 40.6 Å². The van der Waals surface area contributed by atoms with Crippen LogP contribution < -0.4 is 9.64 Å². The van der Waals surface area contributed by atoms with Gasteiger partial charge in [0.05, 0.1) is 16.7 Å². The van der Waals surface area contributed by atoms with Crippen LogP contribution in [0.25, 0.3) is 10.2 Å². The lowest BCUT2D eigenvalue weighted by Crippen LogP contribution is -2.39. The van der Waals surface area contributed by atoms with E-state index in [9.17, 15) is 13.2 Å². The van der Waals surface area contributed by atoms with Crippen molar-refractivity contribution in [3.63, 3.8) is 0 Å². The van der Waals surface area contributed by atoms with E-state index in [1.165, 1.54) is 11.3 Å². The molecule has 214 valence electrons. The van der Waals surface area contributed by atoms with Crippen molar-refractivity contribution in [2.24, 2.45) is 5.92 Å². The van der Waals surface area contributed by atoms with Crippen LogP contribution in [0, 0.1) is 12.8 Å². The van der Waals surface area contributed by atoms with E-state index in [-0.39, 0.29) is 23.2 Å². The first-order valence-corrected chi connectivity index (χ1v) is 15.5. The zero-order valence-corrected chi connectivity index (χ0v) is 25.8. The zero-order valence-electron chi connectivity index (χ0n) is 23.3. The summed E-state index contributed by atoms with van der Waals surface area (Å²) < 4.78 is 34.5. The molecule has 2 heterocycles. The summed E-state index contributed by atoms with van der Waals surface area (Å²) in [6.07, 6.45) is 1.91. The molecule has 0 saturated carbocycles. The maximum atomic E-state index is 13.8. The molecule has 1 atom stereocenters. The van der Waals surface area contributed by atoms with Crippen LogP contribution in [0.2, 0.25) is 0 Å². The minimum atomic E-state index is -3.59. The predicted octanol–water partition coefficient (Wildman–Crippen LogP) is 5.44. The van der Waals surface area contributed by atoms with Crippen molar-refractivity contribution in [1.29, 1.82) is 0 Å². The van der Waals surface area contributed by atoms with Gasteiger partial charge in [-0.25, -0.2) is 13.4 Å². The minimum Gasteiger partial charge on any atom is -0.494 e. The molecule has 2 aromatic carbocycles. The van der Waals surface area contributed by atoms with Gasteiger partial charge in [-0.2, -0.15) is 4.31 Å². The number of carbonyl (C=O) groups excluding carboxylic acids is 1. The average Bonchev–Trinajstić information content (AvgIpc) is 3.37. The largest absolute Gasteiger partial charge is 0.494 e. The van der Waals surface area contributed by atoms with Gasteiger partial charge < -0.3 is 9.64 Å². The second kappa shape index (κ2) is 13.4. The number of fused-ring (bicyclic) bond motifs is 1. The summed E-state index contributed by atoms with van der Waals surface area (Å²) >= 11 is 1.47. The number of piperidine rings is 1. The molecule has 4 rings (SSSR count). The molecule has 0 radical (unpaired) electrons. The van der Waals surface area contributed by atoms with Crippen LogP contribution in [0.15, 0.2) is 41.3 Å². The summed E-state index contributed by atoms with van der Waals surface area (Å²) in [6, 6.07) is 10.2. The number of amides is 1. The molecule has 3 aromatic rings. The van der Waals surface area contributed by atoms with Crippen molar-refractivity contribution in [3.05, 3.63) is 47.5 Å². The Bertz CT molecular complexity index is 1370. The van der Waals surface area contributed by atoms with Crippen LogP contribution in [0.5, 0.6) is 5.75 Å². The molecule has 39 heavy (non-hydrogen) atoms. The fourth-order valence-electron chi connectivity index (χ4n) is 4.88. The Morgan fingerprint density at radius 2 is 1.82 bits per heavy atom. The summed E-state index contributed by atoms with van der Waals surface area (Å²) in [5.41, 5.74) is 2.24. The molecule has 0 spiro atoms. The Labute approximate surface area is 242 Å². The molecule has 0 N–H and O–H groups in total. The van der Waals surface area contributed by atoms with Gasteiger partial charge in [0.2, 0.25) is 10.0 Å². The van der Waals surface area contributed by atoms with Gasteiger partial charge >= 0.3 is 0 Å². The summed E-state index contributed by atoms with van der Waals surface area (Å²) in [5, 5.41) is 0.601. The minimum absolute atomic E-state index is 0. The number of methoxy groups -OCH3 is 1. The van der Waals surface area contributed by atoms with Gasteiger partial charge in [-0.3, -0.25) is 9.69 Å². The highest BCUT2D eigenvalue weighted by atomic mass is 35.5. The number of likely N-dealkylation sites (N-methyl/N-ethyl adjacent to an activating group) is 1. The van der Waals surface area contributed by atoms with Gasteiger partial charge in [0, 0.05) is 31.7 Å². The Kier molecular flexibility index (Phi) is 10.8. The first-order chi connectivity index (χ1) is 18.2. The predicted molar refractivity (Wildman–Crippen MR) is 161 cm³/mol. The van der Waals surface area contributed by atoms with Crippen molar-refractivity contribution in [3.8, 4) is 5.75 Å². The quantitative estimate of drug-likeness (QED) is 0.311. The number of nitrogens with zero attached hydrogens (tertiary/aromatic N) is 4. The molecule has 1 aliphatic rings. The number of halogens is 1. The van der Waals surface area contributed by atoms with Crippen molar-refractivity contribution in [2.45, 2.75) is 45.4 Å². The van der Waals surface area contributed by atoms with E-state index < -0.39 is 10.0 Å². The van der Waals surface area contributed by atoms with Gasteiger partial charge in [-0.1, -0.05) is 38.2 Å². The van der Waals surface area contributed by atoms with Crippen LogP contribution in [0.4, 0.5) is 5.13 Å². The molecule has 1 unspecified atom stereocenters. The Morgan fingerprint density at radius 3 is 2.44 bits per heavy atom. The Hall–Kier alpha value is -2.24. The smallest absolute Gasteiger partial charge is 0.260 e. The molecule has 11 heteroatoms. The third kappa shape index (κ3) is 6.74. The van der Waals surface area contributed by atoms with Crippen molar-refractivity contribution in [1.82, 2.24) is 14.2 Å². The highest BCUT2D eigenvalue weighted by molar-refractivity contribution is 7.89. The summed E-state index contributed by atoms with van der Waals surface area (Å²) in [4.78, 5) is 22.8. The topological polar surface area (TPSA) is 83.1 Å². The summed E-state index contributed by atoms with van der Waals surface area (Å²) in [6.45, 7) is 12.3. The van der Waals surface area contributed by atoms with Crippen molar-refractivity contribution >= 4 is 55.0 Å². The number of carbonyl (C=O) groups is 1. The number of benzene rings is 2. The van der Waals surface area contributed by atoms with Crippen LogP contribution in [-0.4, -0.2) is 74.9 Å². The number of thiazole rings is 1. The average molecular weight is 595 g/mol. The molecule has 1 fully saturated rings. The summed E-state index contributed by atoms with van der Waals surface area (Å²) in [7, 11) is -1.97. The Balaban J connectivity index is 0.00000420. The molecule has 0 aliphatic carbocycles. The first kappa shape index (κ1) is 31.3. The number of hydrogen-bond acceptors (Lipinski definition) is 7. The first-order valence-electron chi connectivity index (χ1n) is 13.3. The highest BCUT2D eigenvalue weighted by Gasteiger charge is 2.29. The Morgan fingerprint density at radius 1 is 1.13 bits per heavy atom. The van der Waals surface area contributed by atoms with Crippen molar-refractivity contribution in [2.75, 3.05) is 51.3 Å². The monoisotopic (exact) mass is 594 g/mol. The van der Waals surface area contributed by atoms with Crippen LogP contribution in [0.3, 0.4) is 0 Å². The molecular formula is C28H39ClN4O4S2. The standard InChI is InChI=1S/C28H38N4O4S2.ClH/c1-6-30(7-2)17-18-32(28-29-25-24(36-5)15-10-21(4)26(25)37-28)27(33)22-11-13-23(14-12-22)38(34,35)31-16-8-9-20(3)19-31;/h10-15,20H,6-9,16-19H2,1-5H3;1H. The number of hydrogen-bond donors (Lipinski definition) is 0. The fraction of sp³-hybridized carbons (Fsp3) is 0.500.